The van der Waals surface area contributed by atoms with E-state index in [2.05, 4.69) is 10.1 Å². The second-order valence-electron chi connectivity index (χ2n) is 10.7. The van der Waals surface area contributed by atoms with Crippen LogP contribution < -0.4 is 4.74 Å². The minimum Gasteiger partial charge on any atom is -0.492 e. The Balaban J connectivity index is 0.00000169. The quantitative estimate of drug-likeness (QED) is 0.179. The van der Waals surface area contributed by atoms with Gasteiger partial charge in [-0.3, -0.25) is 4.68 Å². The van der Waals surface area contributed by atoms with Crippen LogP contribution in [0.5, 0.6) is 5.75 Å². The summed E-state index contributed by atoms with van der Waals surface area (Å²) in [6.45, 7) is 17.8. The monoisotopic (exact) mass is 625 g/mol. The van der Waals surface area contributed by atoms with Crippen LogP contribution in [0.3, 0.4) is 0 Å². The molecule has 0 aliphatic rings. The molecule has 1 amide bonds. The van der Waals surface area contributed by atoms with Crippen LogP contribution in [0.4, 0.5) is 9.18 Å². The lowest BCUT2D eigenvalue weighted by molar-refractivity contribution is 0.0282. The lowest BCUT2D eigenvalue weighted by atomic mass is 10.1. The standard InChI is InChI=1S/C30H36FN5O5.2C2H6/c1-8-39-28(37)27-23(19(2)35(7)33-27)13-14-40-25-15-21(31)10-11-24(25)20-9-12-26-32-16-22(36(26)17-20)18-34(6)29(38)41-30(3,4)5;2*1-2/h9-12,15-17H,8,13-14,18H2,1-7H3;2*1-2H3. The smallest absolute Gasteiger partial charge is 0.410 e. The number of pyridine rings is 1. The minimum atomic E-state index is -0.604. The number of amides is 1. The number of imidazole rings is 1. The minimum absolute atomic E-state index is 0.189. The Morgan fingerprint density at radius 3 is 2.40 bits per heavy atom. The van der Waals surface area contributed by atoms with Crippen molar-refractivity contribution in [3.05, 3.63) is 71.2 Å². The van der Waals surface area contributed by atoms with E-state index in [4.69, 9.17) is 14.2 Å². The molecule has 0 unspecified atom stereocenters. The van der Waals surface area contributed by atoms with Crippen molar-refractivity contribution in [2.75, 3.05) is 20.3 Å². The van der Waals surface area contributed by atoms with Crippen LogP contribution in [0.15, 0.2) is 42.7 Å². The molecular formula is C34H48FN5O5. The van der Waals surface area contributed by atoms with Crippen molar-refractivity contribution in [2.24, 2.45) is 7.05 Å². The average Bonchev–Trinajstić information content (AvgIpc) is 3.53. The highest BCUT2D eigenvalue weighted by Crippen LogP contribution is 2.32. The number of aryl methyl sites for hydroxylation is 1. The molecule has 0 saturated carbocycles. The van der Waals surface area contributed by atoms with Gasteiger partial charge in [-0.2, -0.15) is 5.10 Å². The number of aromatic nitrogens is 4. The van der Waals surface area contributed by atoms with Crippen LogP contribution in [0.1, 0.15) is 82.8 Å². The maximum atomic E-state index is 14.3. The van der Waals surface area contributed by atoms with E-state index in [1.165, 1.54) is 17.0 Å². The summed E-state index contributed by atoms with van der Waals surface area (Å²) in [4.78, 5) is 30.8. The van der Waals surface area contributed by atoms with Gasteiger partial charge in [0.05, 0.1) is 31.6 Å². The zero-order valence-electron chi connectivity index (χ0n) is 28.5. The fourth-order valence-corrected chi connectivity index (χ4v) is 4.39. The first-order chi connectivity index (χ1) is 21.4. The summed E-state index contributed by atoms with van der Waals surface area (Å²) >= 11 is 0. The van der Waals surface area contributed by atoms with Crippen molar-refractivity contribution in [3.63, 3.8) is 0 Å². The number of rotatable bonds is 9. The van der Waals surface area contributed by atoms with Gasteiger partial charge in [0.15, 0.2) is 5.69 Å². The van der Waals surface area contributed by atoms with E-state index in [1.807, 2.05) is 78.1 Å². The average molecular weight is 626 g/mol. The van der Waals surface area contributed by atoms with Crippen LogP contribution in [0.2, 0.25) is 0 Å². The molecule has 0 aliphatic heterocycles. The van der Waals surface area contributed by atoms with Crippen molar-refractivity contribution in [1.82, 2.24) is 24.1 Å². The maximum absolute atomic E-state index is 14.3. The topological polar surface area (TPSA) is 100 Å². The van der Waals surface area contributed by atoms with Gasteiger partial charge in [0, 0.05) is 55.2 Å². The SMILES string of the molecule is CC.CC.CCOC(=O)c1nn(C)c(C)c1CCOc1cc(F)ccc1-c1ccc2ncc(CN(C)C(=O)OC(C)(C)C)n2c1. The fourth-order valence-electron chi connectivity index (χ4n) is 4.39. The summed E-state index contributed by atoms with van der Waals surface area (Å²) in [5.41, 5.74) is 4.13. The number of hydrogen-bond acceptors (Lipinski definition) is 7. The third kappa shape index (κ3) is 9.54. The number of hydrogen-bond donors (Lipinski definition) is 0. The number of benzene rings is 1. The Morgan fingerprint density at radius 2 is 1.76 bits per heavy atom. The zero-order valence-corrected chi connectivity index (χ0v) is 28.5. The molecule has 0 fully saturated rings. The molecule has 0 spiro atoms. The number of nitrogens with zero attached hydrogens (tertiary/aromatic N) is 5. The highest BCUT2D eigenvalue weighted by atomic mass is 19.1. The maximum Gasteiger partial charge on any atom is 0.410 e. The van der Waals surface area contributed by atoms with E-state index < -0.39 is 23.5 Å². The molecule has 0 radical (unpaired) electrons. The van der Waals surface area contributed by atoms with Gasteiger partial charge in [-0.25, -0.2) is 19.0 Å². The van der Waals surface area contributed by atoms with E-state index >= 15 is 0 Å². The molecule has 1 aromatic carbocycles. The number of carbonyl (C=O) groups excluding carboxylic acids is 2. The molecule has 0 aliphatic carbocycles. The Morgan fingerprint density at radius 1 is 1.07 bits per heavy atom. The lowest BCUT2D eigenvalue weighted by Crippen LogP contribution is -2.34. The highest BCUT2D eigenvalue weighted by molar-refractivity contribution is 5.89. The van der Waals surface area contributed by atoms with Crippen molar-refractivity contribution < 1.29 is 28.2 Å². The molecular weight excluding hydrogens is 577 g/mol. The van der Waals surface area contributed by atoms with E-state index in [0.29, 0.717) is 23.4 Å². The lowest BCUT2D eigenvalue weighted by Gasteiger charge is -2.24. The van der Waals surface area contributed by atoms with E-state index in [9.17, 15) is 14.0 Å². The zero-order chi connectivity index (χ0) is 33.9. The van der Waals surface area contributed by atoms with Crippen LogP contribution >= 0.6 is 0 Å². The van der Waals surface area contributed by atoms with Gasteiger partial charge in [-0.1, -0.05) is 27.7 Å². The summed E-state index contributed by atoms with van der Waals surface area (Å²) in [6, 6.07) is 8.11. The third-order valence-corrected chi connectivity index (χ3v) is 6.48. The normalized spacial score (nSPS) is 10.8. The molecule has 3 heterocycles. The number of halogens is 1. The summed E-state index contributed by atoms with van der Waals surface area (Å²) in [5, 5.41) is 4.30. The van der Waals surface area contributed by atoms with Gasteiger partial charge in [-0.05, 0) is 58.9 Å². The predicted molar refractivity (Wildman–Crippen MR) is 174 cm³/mol. The molecule has 0 atom stereocenters. The molecule has 10 nitrogen and oxygen atoms in total. The van der Waals surface area contributed by atoms with E-state index in [1.54, 1.807) is 38.0 Å². The van der Waals surface area contributed by atoms with Gasteiger partial charge in [0.1, 0.15) is 22.8 Å². The Hall–Kier alpha value is -4.41. The Kier molecular flexibility index (Phi) is 13.6. The van der Waals surface area contributed by atoms with Crippen molar-refractivity contribution in [3.8, 4) is 16.9 Å². The second kappa shape index (κ2) is 16.6. The first kappa shape index (κ1) is 36.8. The summed E-state index contributed by atoms with van der Waals surface area (Å²) < 4.78 is 34.5. The molecule has 45 heavy (non-hydrogen) atoms. The predicted octanol–water partition coefficient (Wildman–Crippen LogP) is 7.40. The molecule has 246 valence electrons. The highest BCUT2D eigenvalue weighted by Gasteiger charge is 2.22. The van der Waals surface area contributed by atoms with E-state index in [0.717, 1.165) is 22.5 Å². The number of fused-ring (bicyclic) bond motifs is 1. The third-order valence-electron chi connectivity index (χ3n) is 6.48. The van der Waals surface area contributed by atoms with E-state index in [-0.39, 0.29) is 25.5 Å². The fraction of sp³-hybridized carbons (Fsp3) is 0.471. The van der Waals surface area contributed by atoms with Gasteiger partial charge < -0.3 is 23.5 Å². The van der Waals surface area contributed by atoms with Crippen LogP contribution in [-0.2, 0) is 29.5 Å². The molecule has 4 rings (SSSR count). The van der Waals surface area contributed by atoms with Crippen molar-refractivity contribution in [2.45, 2.75) is 80.9 Å². The van der Waals surface area contributed by atoms with Crippen LogP contribution in [-0.4, -0.2) is 62.0 Å². The Labute approximate surface area is 266 Å². The largest absolute Gasteiger partial charge is 0.492 e. The molecule has 0 N–H and O–H groups in total. The summed E-state index contributed by atoms with van der Waals surface area (Å²) in [6.07, 6.45) is 3.53. The van der Waals surface area contributed by atoms with Crippen LogP contribution in [0.25, 0.3) is 16.8 Å². The van der Waals surface area contributed by atoms with Gasteiger partial charge in [0.25, 0.3) is 0 Å². The van der Waals surface area contributed by atoms with Crippen LogP contribution in [0, 0.1) is 12.7 Å². The van der Waals surface area contributed by atoms with Gasteiger partial charge in [-0.15, -0.1) is 0 Å². The van der Waals surface area contributed by atoms with Gasteiger partial charge in [0.2, 0.25) is 0 Å². The number of ether oxygens (including phenoxy) is 3. The first-order valence-corrected chi connectivity index (χ1v) is 15.4. The first-order valence-electron chi connectivity index (χ1n) is 15.4. The second-order valence-corrected chi connectivity index (χ2v) is 10.7. The van der Waals surface area contributed by atoms with Gasteiger partial charge >= 0.3 is 12.1 Å². The van der Waals surface area contributed by atoms with Crippen molar-refractivity contribution in [1.29, 1.82) is 0 Å². The molecule has 0 bridgehead atoms. The molecule has 4 aromatic rings. The number of carbonyl (C=O) groups is 2. The van der Waals surface area contributed by atoms with Crippen molar-refractivity contribution >= 4 is 17.7 Å². The summed E-state index contributed by atoms with van der Waals surface area (Å²) in [5.74, 6) is -0.563. The number of esters is 1. The molecule has 0 saturated heterocycles. The Bertz CT molecular complexity index is 1570. The molecule has 3 aromatic heterocycles. The summed E-state index contributed by atoms with van der Waals surface area (Å²) in [7, 11) is 3.43. The molecule has 11 heteroatoms.